The second-order valence-electron chi connectivity index (χ2n) is 6.56. The number of methoxy groups -OCH3 is 1. The van der Waals surface area contributed by atoms with Crippen LogP contribution in [0.4, 0.5) is 5.69 Å². The van der Waals surface area contributed by atoms with Crippen LogP contribution in [0.5, 0.6) is 5.75 Å². The molecule has 0 fully saturated rings. The fraction of sp³-hybridized carbons (Fsp3) is 0.143. The molecule has 146 valence electrons. The molecule has 1 aliphatic heterocycles. The molecule has 29 heavy (non-hydrogen) atoms. The van der Waals surface area contributed by atoms with Crippen molar-refractivity contribution in [2.45, 2.75) is 22.1 Å². The number of ether oxygens (including phenoxy) is 1. The molecular weight excluding hydrogens is 408 g/mol. The lowest BCUT2D eigenvalue weighted by Gasteiger charge is -2.23. The van der Waals surface area contributed by atoms with Gasteiger partial charge in [-0.15, -0.1) is 11.3 Å². The van der Waals surface area contributed by atoms with Crippen LogP contribution in [0.2, 0.25) is 0 Å². The zero-order valence-electron chi connectivity index (χ0n) is 15.4. The first kappa shape index (κ1) is 19.2. The Morgan fingerprint density at radius 2 is 1.83 bits per heavy atom. The molecule has 4 rings (SSSR count). The lowest BCUT2D eigenvalue weighted by molar-refractivity contribution is -0.116. The summed E-state index contributed by atoms with van der Waals surface area (Å²) in [5.74, 6) is 0.0678. The van der Waals surface area contributed by atoms with Crippen LogP contribution in [-0.2, 0) is 14.6 Å². The molecule has 1 aromatic heterocycles. The standard InChI is InChI=1S/C21H16N2O4S2/c1-27-15-6-8-16(9-7-15)29(25,26)18-12-28-21-17(10-19(24)23-20(18)21)14-4-2-13(11-22)3-5-14/h2-9,12,17H,10H2,1H3,(H,23,24)/t17-/m0/s1. The maximum absolute atomic E-state index is 13.2. The monoisotopic (exact) mass is 424 g/mol. The number of hydrogen-bond acceptors (Lipinski definition) is 6. The van der Waals surface area contributed by atoms with Crippen molar-refractivity contribution in [2.24, 2.45) is 0 Å². The van der Waals surface area contributed by atoms with Crippen LogP contribution >= 0.6 is 11.3 Å². The molecule has 1 atom stereocenters. The average molecular weight is 425 g/mol. The van der Waals surface area contributed by atoms with Crippen LogP contribution in [0.3, 0.4) is 0 Å². The van der Waals surface area contributed by atoms with Crippen LogP contribution < -0.4 is 10.1 Å². The van der Waals surface area contributed by atoms with Gasteiger partial charge in [0, 0.05) is 22.6 Å². The van der Waals surface area contributed by atoms with E-state index in [0.717, 1.165) is 10.4 Å². The van der Waals surface area contributed by atoms with Gasteiger partial charge < -0.3 is 10.1 Å². The van der Waals surface area contributed by atoms with Crippen molar-refractivity contribution in [3.63, 3.8) is 0 Å². The highest BCUT2D eigenvalue weighted by atomic mass is 32.2. The van der Waals surface area contributed by atoms with Crippen molar-refractivity contribution in [3.05, 3.63) is 69.9 Å². The minimum atomic E-state index is -3.80. The highest BCUT2D eigenvalue weighted by molar-refractivity contribution is 7.91. The molecule has 2 heterocycles. The quantitative estimate of drug-likeness (QED) is 0.684. The number of carbonyl (C=O) groups is 1. The van der Waals surface area contributed by atoms with Gasteiger partial charge in [0.15, 0.2) is 0 Å². The summed E-state index contributed by atoms with van der Waals surface area (Å²) in [5, 5.41) is 13.3. The van der Waals surface area contributed by atoms with Crippen molar-refractivity contribution in [2.75, 3.05) is 12.4 Å². The van der Waals surface area contributed by atoms with Crippen molar-refractivity contribution in [3.8, 4) is 11.8 Å². The molecule has 6 nitrogen and oxygen atoms in total. The Morgan fingerprint density at radius 1 is 1.14 bits per heavy atom. The number of amides is 1. The molecule has 0 saturated heterocycles. The second kappa shape index (κ2) is 7.35. The van der Waals surface area contributed by atoms with E-state index in [2.05, 4.69) is 11.4 Å². The molecule has 2 aromatic carbocycles. The SMILES string of the molecule is COc1ccc(S(=O)(=O)c2csc3c2NC(=O)C[C@H]3c2ccc(C#N)cc2)cc1. The highest BCUT2D eigenvalue weighted by Crippen LogP contribution is 2.45. The maximum Gasteiger partial charge on any atom is 0.225 e. The highest BCUT2D eigenvalue weighted by Gasteiger charge is 2.34. The number of rotatable bonds is 4. The number of benzene rings is 2. The topological polar surface area (TPSA) is 96.3 Å². The van der Waals surface area contributed by atoms with E-state index < -0.39 is 9.84 Å². The molecule has 1 amide bonds. The minimum absolute atomic E-state index is 0.0920. The molecule has 3 aromatic rings. The maximum atomic E-state index is 13.2. The second-order valence-corrected chi connectivity index (χ2v) is 9.39. The molecule has 0 saturated carbocycles. The molecule has 1 aliphatic rings. The lowest BCUT2D eigenvalue weighted by Crippen LogP contribution is -2.23. The molecular formula is C21H16N2O4S2. The van der Waals surface area contributed by atoms with Crippen LogP contribution in [0, 0.1) is 11.3 Å². The third kappa shape index (κ3) is 3.39. The Labute approximate surface area is 172 Å². The number of anilines is 1. The van der Waals surface area contributed by atoms with Gasteiger partial charge in [-0.2, -0.15) is 5.26 Å². The van der Waals surface area contributed by atoms with E-state index in [4.69, 9.17) is 10.00 Å². The number of carbonyl (C=O) groups excluding carboxylic acids is 1. The molecule has 1 N–H and O–H groups in total. The molecule has 0 radical (unpaired) electrons. The van der Waals surface area contributed by atoms with Crippen LogP contribution in [-0.4, -0.2) is 21.4 Å². The van der Waals surface area contributed by atoms with E-state index in [1.807, 2.05) is 12.1 Å². The van der Waals surface area contributed by atoms with Crippen molar-refractivity contribution in [1.29, 1.82) is 5.26 Å². The Balaban J connectivity index is 1.78. The molecule has 0 bridgehead atoms. The predicted octanol–water partition coefficient (Wildman–Crippen LogP) is 3.94. The Hall–Kier alpha value is -3.15. The summed E-state index contributed by atoms with van der Waals surface area (Å²) >= 11 is 1.31. The van der Waals surface area contributed by atoms with Gasteiger partial charge in [-0.25, -0.2) is 8.42 Å². The van der Waals surface area contributed by atoms with E-state index in [0.29, 0.717) is 17.0 Å². The smallest absolute Gasteiger partial charge is 0.225 e. The number of hydrogen-bond donors (Lipinski definition) is 1. The zero-order chi connectivity index (χ0) is 20.6. The van der Waals surface area contributed by atoms with E-state index in [1.54, 1.807) is 29.6 Å². The molecule has 0 aliphatic carbocycles. The van der Waals surface area contributed by atoms with Gasteiger partial charge in [-0.1, -0.05) is 12.1 Å². The molecule has 0 unspecified atom stereocenters. The van der Waals surface area contributed by atoms with Gasteiger partial charge in [0.1, 0.15) is 10.6 Å². The van der Waals surface area contributed by atoms with E-state index in [-0.39, 0.29) is 28.0 Å². The minimum Gasteiger partial charge on any atom is -0.497 e. The Bertz CT molecular complexity index is 1220. The molecule has 0 spiro atoms. The summed E-state index contributed by atoms with van der Waals surface area (Å²) in [4.78, 5) is 13.4. The largest absolute Gasteiger partial charge is 0.497 e. The number of nitrogens with zero attached hydrogens (tertiary/aromatic N) is 1. The first-order valence-electron chi connectivity index (χ1n) is 8.74. The third-order valence-corrected chi connectivity index (χ3v) is 7.90. The summed E-state index contributed by atoms with van der Waals surface area (Å²) < 4.78 is 31.4. The number of sulfone groups is 1. The summed E-state index contributed by atoms with van der Waals surface area (Å²) in [6.45, 7) is 0. The first-order chi connectivity index (χ1) is 13.9. The number of nitriles is 1. The van der Waals surface area contributed by atoms with Crippen molar-refractivity contribution in [1.82, 2.24) is 0 Å². The van der Waals surface area contributed by atoms with E-state index in [9.17, 15) is 13.2 Å². The van der Waals surface area contributed by atoms with Crippen LogP contribution in [0.25, 0.3) is 0 Å². The average Bonchev–Trinajstić information content (AvgIpc) is 3.18. The van der Waals surface area contributed by atoms with Crippen molar-refractivity contribution >= 4 is 32.8 Å². The first-order valence-corrected chi connectivity index (χ1v) is 11.1. The predicted molar refractivity (Wildman–Crippen MR) is 109 cm³/mol. The van der Waals surface area contributed by atoms with Gasteiger partial charge in [0.2, 0.25) is 15.7 Å². The number of fused-ring (bicyclic) bond motifs is 1. The zero-order valence-corrected chi connectivity index (χ0v) is 17.0. The van der Waals surface area contributed by atoms with E-state index >= 15 is 0 Å². The fourth-order valence-corrected chi connectivity index (χ4v) is 6.25. The molecule has 8 heteroatoms. The van der Waals surface area contributed by atoms with Gasteiger partial charge in [0.25, 0.3) is 0 Å². The van der Waals surface area contributed by atoms with Gasteiger partial charge in [-0.3, -0.25) is 4.79 Å². The summed E-state index contributed by atoms with van der Waals surface area (Å²) in [5.41, 5.74) is 1.75. The fourth-order valence-electron chi connectivity index (χ4n) is 3.34. The lowest BCUT2D eigenvalue weighted by atomic mass is 9.90. The summed E-state index contributed by atoms with van der Waals surface area (Å²) in [6, 6.07) is 15.2. The van der Waals surface area contributed by atoms with Crippen molar-refractivity contribution < 1.29 is 17.9 Å². The van der Waals surface area contributed by atoms with Crippen LogP contribution in [0.15, 0.2) is 63.7 Å². The number of nitrogens with one attached hydrogen (secondary N) is 1. The van der Waals surface area contributed by atoms with Gasteiger partial charge >= 0.3 is 0 Å². The summed E-state index contributed by atoms with van der Waals surface area (Å²) in [7, 11) is -2.29. The third-order valence-electron chi connectivity index (χ3n) is 4.86. The summed E-state index contributed by atoms with van der Waals surface area (Å²) in [6.07, 6.45) is 0.224. The van der Waals surface area contributed by atoms with E-state index in [1.165, 1.54) is 30.6 Å². The Kier molecular flexibility index (Phi) is 4.86. The Morgan fingerprint density at radius 3 is 2.45 bits per heavy atom. The normalized spacial score (nSPS) is 15.9. The van der Waals surface area contributed by atoms with Gasteiger partial charge in [-0.05, 0) is 42.0 Å². The van der Waals surface area contributed by atoms with Crippen LogP contribution in [0.1, 0.15) is 28.3 Å². The number of thiophene rings is 1. The van der Waals surface area contributed by atoms with Gasteiger partial charge in [0.05, 0.1) is 29.3 Å².